The molecule has 2 aromatic carbocycles. The van der Waals surface area contributed by atoms with E-state index in [0.29, 0.717) is 0 Å². The Balaban J connectivity index is 1.62. The lowest BCUT2D eigenvalue weighted by molar-refractivity contribution is 0.628. The van der Waals surface area contributed by atoms with E-state index in [-0.39, 0.29) is 5.82 Å². The van der Waals surface area contributed by atoms with Gasteiger partial charge in [-0.1, -0.05) is 18.2 Å². The third-order valence-corrected chi connectivity index (χ3v) is 4.43. The molecule has 0 aliphatic heterocycles. The maximum atomic E-state index is 13.1. The largest absolute Gasteiger partial charge is 0.300 e. The Hall–Kier alpha value is -3.47. The molecule has 0 aliphatic carbocycles. The summed E-state index contributed by atoms with van der Waals surface area (Å²) >= 11 is 0. The highest BCUT2D eigenvalue weighted by Gasteiger charge is 2.08. The molecule has 3 aromatic heterocycles. The van der Waals surface area contributed by atoms with Crippen LogP contribution in [0.1, 0.15) is 0 Å². The van der Waals surface area contributed by atoms with Gasteiger partial charge >= 0.3 is 0 Å². The van der Waals surface area contributed by atoms with E-state index in [0.717, 1.165) is 38.9 Å². The molecule has 25 heavy (non-hydrogen) atoms. The van der Waals surface area contributed by atoms with Crippen molar-refractivity contribution in [2.75, 3.05) is 0 Å². The van der Waals surface area contributed by atoms with Gasteiger partial charge in [0.25, 0.3) is 0 Å². The molecule has 0 amide bonds. The maximum absolute atomic E-state index is 13.1. The average molecular weight is 328 g/mol. The molecule has 0 saturated heterocycles. The Labute approximate surface area is 142 Å². The number of aromatic nitrogens is 4. The molecule has 0 spiro atoms. The van der Waals surface area contributed by atoms with E-state index in [9.17, 15) is 4.39 Å². The van der Waals surface area contributed by atoms with Crippen molar-refractivity contribution in [1.29, 1.82) is 0 Å². The molecule has 0 unspecified atom stereocenters. The molecule has 5 heteroatoms. The van der Waals surface area contributed by atoms with Crippen molar-refractivity contribution in [3.8, 4) is 22.4 Å². The van der Waals surface area contributed by atoms with Crippen LogP contribution in [0.5, 0.6) is 0 Å². The summed E-state index contributed by atoms with van der Waals surface area (Å²) in [5, 5.41) is 8.09. The predicted octanol–water partition coefficient (Wildman–Crippen LogP) is 4.68. The van der Waals surface area contributed by atoms with Crippen LogP contribution in [-0.4, -0.2) is 19.6 Å². The number of rotatable bonds is 2. The zero-order chi connectivity index (χ0) is 16.8. The Bertz CT molecular complexity index is 1200. The number of halogens is 1. The SMILES string of the molecule is Fc1ccc(-c2ccn3c(-c4ccc5[nH]ncc5c4)cnc3c2)cc1. The monoisotopic (exact) mass is 328 g/mol. The first-order valence-electron chi connectivity index (χ1n) is 7.94. The van der Waals surface area contributed by atoms with Crippen molar-refractivity contribution in [2.45, 2.75) is 0 Å². The van der Waals surface area contributed by atoms with Crippen LogP contribution < -0.4 is 0 Å². The van der Waals surface area contributed by atoms with Gasteiger partial charge in [0.15, 0.2) is 0 Å². The van der Waals surface area contributed by atoms with E-state index in [1.165, 1.54) is 12.1 Å². The summed E-state index contributed by atoms with van der Waals surface area (Å²) in [7, 11) is 0. The molecule has 0 radical (unpaired) electrons. The molecule has 0 fully saturated rings. The third kappa shape index (κ3) is 2.29. The first-order valence-corrected chi connectivity index (χ1v) is 7.94. The Morgan fingerprint density at radius 2 is 1.68 bits per heavy atom. The van der Waals surface area contributed by atoms with Gasteiger partial charge in [0.05, 0.1) is 23.6 Å². The van der Waals surface area contributed by atoms with Crippen LogP contribution >= 0.6 is 0 Å². The summed E-state index contributed by atoms with van der Waals surface area (Å²) in [5.74, 6) is -0.234. The second kappa shape index (κ2) is 5.27. The third-order valence-electron chi connectivity index (χ3n) is 4.43. The van der Waals surface area contributed by atoms with Gasteiger partial charge in [-0.2, -0.15) is 5.10 Å². The lowest BCUT2D eigenvalue weighted by atomic mass is 10.1. The average Bonchev–Trinajstić information content (AvgIpc) is 3.27. The zero-order valence-corrected chi connectivity index (χ0v) is 13.1. The molecular weight excluding hydrogens is 315 g/mol. The van der Waals surface area contributed by atoms with E-state index in [1.54, 1.807) is 12.1 Å². The first kappa shape index (κ1) is 13.9. The molecule has 4 nitrogen and oxygen atoms in total. The predicted molar refractivity (Wildman–Crippen MR) is 95.7 cm³/mol. The number of benzene rings is 2. The smallest absolute Gasteiger partial charge is 0.137 e. The number of H-pyrrole nitrogens is 1. The second-order valence-corrected chi connectivity index (χ2v) is 5.97. The molecule has 0 aliphatic rings. The van der Waals surface area contributed by atoms with Gasteiger partial charge in [-0.3, -0.25) is 9.50 Å². The van der Waals surface area contributed by atoms with Crippen LogP contribution in [0, 0.1) is 5.82 Å². The van der Waals surface area contributed by atoms with Crippen molar-refractivity contribution in [1.82, 2.24) is 19.6 Å². The standard InChI is InChI=1S/C20H13FN4/c21-17-4-1-13(2-5-17)14-7-8-25-19(12-22-20(25)10-14)15-3-6-18-16(9-15)11-23-24-18/h1-12H,(H,23,24). The van der Waals surface area contributed by atoms with Crippen molar-refractivity contribution >= 4 is 16.6 Å². The number of imidazole rings is 1. The highest BCUT2D eigenvalue weighted by molar-refractivity contribution is 5.84. The van der Waals surface area contributed by atoms with Crippen LogP contribution in [0.15, 0.2) is 73.2 Å². The van der Waals surface area contributed by atoms with Crippen molar-refractivity contribution in [2.24, 2.45) is 0 Å². The molecule has 0 bridgehead atoms. The highest BCUT2D eigenvalue weighted by atomic mass is 19.1. The quantitative estimate of drug-likeness (QED) is 0.511. The molecule has 3 heterocycles. The highest BCUT2D eigenvalue weighted by Crippen LogP contribution is 2.27. The summed E-state index contributed by atoms with van der Waals surface area (Å²) in [5.41, 5.74) is 5.93. The summed E-state index contributed by atoms with van der Waals surface area (Å²) in [6, 6.07) is 16.7. The van der Waals surface area contributed by atoms with Crippen LogP contribution in [0.25, 0.3) is 38.9 Å². The van der Waals surface area contributed by atoms with Crippen LogP contribution in [0.2, 0.25) is 0 Å². The molecular formula is C20H13FN4. The Morgan fingerprint density at radius 1 is 0.840 bits per heavy atom. The van der Waals surface area contributed by atoms with Crippen LogP contribution in [0.3, 0.4) is 0 Å². The topological polar surface area (TPSA) is 46.0 Å². The number of nitrogens with one attached hydrogen (secondary N) is 1. The van der Waals surface area contributed by atoms with Gasteiger partial charge in [-0.15, -0.1) is 0 Å². The van der Waals surface area contributed by atoms with Crippen LogP contribution in [-0.2, 0) is 0 Å². The minimum absolute atomic E-state index is 0.234. The summed E-state index contributed by atoms with van der Waals surface area (Å²) < 4.78 is 15.2. The minimum atomic E-state index is -0.234. The summed E-state index contributed by atoms with van der Waals surface area (Å²) in [4.78, 5) is 4.53. The van der Waals surface area contributed by atoms with Gasteiger partial charge < -0.3 is 0 Å². The van der Waals surface area contributed by atoms with Crippen molar-refractivity contribution < 1.29 is 4.39 Å². The van der Waals surface area contributed by atoms with E-state index in [2.05, 4.69) is 27.3 Å². The molecule has 5 aromatic rings. The van der Waals surface area contributed by atoms with Crippen LogP contribution in [0.4, 0.5) is 4.39 Å². The number of pyridine rings is 1. The van der Waals surface area contributed by atoms with Gasteiger partial charge in [0.1, 0.15) is 11.5 Å². The Morgan fingerprint density at radius 3 is 2.56 bits per heavy atom. The van der Waals surface area contributed by atoms with Gasteiger partial charge in [0.2, 0.25) is 0 Å². The lowest BCUT2D eigenvalue weighted by Gasteiger charge is -2.05. The number of hydrogen-bond donors (Lipinski definition) is 1. The normalized spacial score (nSPS) is 11.4. The van der Waals surface area contributed by atoms with Gasteiger partial charge in [-0.25, -0.2) is 9.37 Å². The van der Waals surface area contributed by atoms with E-state index in [1.807, 2.05) is 41.2 Å². The lowest BCUT2D eigenvalue weighted by Crippen LogP contribution is -1.89. The number of aromatic amines is 1. The van der Waals surface area contributed by atoms with Gasteiger partial charge in [0, 0.05) is 17.1 Å². The van der Waals surface area contributed by atoms with E-state index in [4.69, 9.17) is 0 Å². The molecule has 5 rings (SSSR count). The number of nitrogens with zero attached hydrogens (tertiary/aromatic N) is 3. The van der Waals surface area contributed by atoms with Gasteiger partial charge in [-0.05, 0) is 47.5 Å². The van der Waals surface area contributed by atoms with Crippen molar-refractivity contribution in [3.05, 3.63) is 79.0 Å². The number of hydrogen-bond acceptors (Lipinski definition) is 2. The Kier molecular flexibility index (Phi) is 2.94. The summed E-state index contributed by atoms with van der Waals surface area (Å²) in [6.45, 7) is 0. The molecule has 1 N–H and O–H groups in total. The fourth-order valence-electron chi connectivity index (χ4n) is 3.12. The second-order valence-electron chi connectivity index (χ2n) is 5.97. The molecule has 0 atom stereocenters. The number of fused-ring (bicyclic) bond motifs is 2. The minimum Gasteiger partial charge on any atom is -0.300 e. The molecule has 0 saturated carbocycles. The van der Waals surface area contributed by atoms with Crippen molar-refractivity contribution in [3.63, 3.8) is 0 Å². The fourth-order valence-corrected chi connectivity index (χ4v) is 3.12. The molecule has 120 valence electrons. The van der Waals surface area contributed by atoms with E-state index < -0.39 is 0 Å². The summed E-state index contributed by atoms with van der Waals surface area (Å²) in [6.07, 6.45) is 5.68. The van der Waals surface area contributed by atoms with E-state index >= 15 is 0 Å². The maximum Gasteiger partial charge on any atom is 0.137 e. The first-order chi connectivity index (χ1) is 12.3. The zero-order valence-electron chi connectivity index (χ0n) is 13.1. The fraction of sp³-hybridized carbons (Fsp3) is 0.